The Morgan fingerprint density at radius 3 is 2.77 bits per heavy atom. The van der Waals surface area contributed by atoms with Crippen LogP contribution in [0, 0.1) is 0 Å². The molecule has 66 valence electrons. The first-order valence-electron chi connectivity index (χ1n) is 4.25. The fourth-order valence-electron chi connectivity index (χ4n) is 1.64. The van der Waals surface area contributed by atoms with Gasteiger partial charge in [0.25, 0.3) is 0 Å². The second-order valence-corrected chi connectivity index (χ2v) is 3.23. The van der Waals surface area contributed by atoms with Crippen molar-refractivity contribution < 1.29 is 4.79 Å². The molecular formula is C11H11NO. The summed E-state index contributed by atoms with van der Waals surface area (Å²) in [6, 6.07) is 7.81. The van der Waals surface area contributed by atoms with Crippen molar-refractivity contribution in [2.24, 2.45) is 7.05 Å². The van der Waals surface area contributed by atoms with Crippen LogP contribution in [0.3, 0.4) is 0 Å². The van der Waals surface area contributed by atoms with E-state index in [9.17, 15) is 4.79 Å². The second-order valence-electron chi connectivity index (χ2n) is 3.23. The number of hydrogen-bond acceptors (Lipinski definition) is 1. The maximum absolute atomic E-state index is 11.3. The molecule has 0 atom stereocenters. The molecule has 1 aromatic heterocycles. The molecule has 2 rings (SSSR count). The lowest BCUT2D eigenvalue weighted by Crippen LogP contribution is -1.96. The summed E-state index contributed by atoms with van der Waals surface area (Å²) < 4.78 is 1.98. The number of Topliss-reactive ketones (excluding diaryl/α,β-unsaturated/α-hetero) is 1. The van der Waals surface area contributed by atoms with E-state index < -0.39 is 0 Å². The van der Waals surface area contributed by atoms with Gasteiger partial charge in [0, 0.05) is 24.2 Å². The molecule has 0 bridgehead atoms. The minimum Gasteiger partial charge on any atom is -0.350 e. The van der Waals surface area contributed by atoms with Crippen LogP contribution in [0.5, 0.6) is 0 Å². The average molecular weight is 173 g/mol. The Hall–Kier alpha value is -1.57. The lowest BCUT2D eigenvalue weighted by atomic mass is 10.1. The fourth-order valence-corrected chi connectivity index (χ4v) is 1.64. The van der Waals surface area contributed by atoms with Crippen molar-refractivity contribution in [2.45, 2.75) is 6.92 Å². The fraction of sp³-hybridized carbons (Fsp3) is 0.182. The quantitative estimate of drug-likeness (QED) is 0.607. The van der Waals surface area contributed by atoms with Crippen LogP contribution in [0.25, 0.3) is 10.9 Å². The van der Waals surface area contributed by atoms with Gasteiger partial charge in [0.05, 0.1) is 5.52 Å². The highest BCUT2D eigenvalue weighted by Crippen LogP contribution is 2.19. The standard InChI is InChI=1S/C11H11NO/c1-8(13)10-5-3-4-9-6-7-12(2)11(9)10/h3-7H,1-2H3. The Kier molecular flexibility index (Phi) is 1.69. The van der Waals surface area contributed by atoms with Gasteiger partial charge in [-0.05, 0) is 19.1 Å². The van der Waals surface area contributed by atoms with E-state index >= 15 is 0 Å². The number of ketones is 1. The Morgan fingerprint density at radius 1 is 1.31 bits per heavy atom. The number of benzene rings is 1. The molecule has 0 N–H and O–H groups in total. The first kappa shape index (κ1) is 8.05. The van der Waals surface area contributed by atoms with Gasteiger partial charge in [-0.3, -0.25) is 4.79 Å². The molecule has 1 heterocycles. The van der Waals surface area contributed by atoms with Gasteiger partial charge in [0.15, 0.2) is 5.78 Å². The zero-order valence-corrected chi connectivity index (χ0v) is 7.74. The summed E-state index contributed by atoms with van der Waals surface area (Å²) in [6.45, 7) is 1.60. The molecule has 2 nitrogen and oxygen atoms in total. The molecule has 2 aromatic rings. The minimum atomic E-state index is 0.118. The molecule has 0 fully saturated rings. The lowest BCUT2D eigenvalue weighted by Gasteiger charge is -2.01. The van der Waals surface area contributed by atoms with Crippen LogP contribution in [0.15, 0.2) is 30.5 Å². The van der Waals surface area contributed by atoms with Crippen LogP contribution in [0.1, 0.15) is 17.3 Å². The molecule has 13 heavy (non-hydrogen) atoms. The van der Waals surface area contributed by atoms with Crippen molar-refractivity contribution in [3.63, 3.8) is 0 Å². The summed E-state index contributed by atoms with van der Waals surface area (Å²) in [5.41, 5.74) is 1.82. The summed E-state index contributed by atoms with van der Waals surface area (Å²) in [5, 5.41) is 1.12. The number of carbonyl (C=O) groups is 1. The SMILES string of the molecule is CC(=O)c1cccc2ccn(C)c12. The molecule has 0 aliphatic carbocycles. The largest absolute Gasteiger partial charge is 0.350 e. The molecule has 0 spiro atoms. The summed E-state index contributed by atoms with van der Waals surface area (Å²) in [7, 11) is 1.95. The lowest BCUT2D eigenvalue weighted by molar-refractivity contribution is 0.101. The highest BCUT2D eigenvalue weighted by atomic mass is 16.1. The van der Waals surface area contributed by atoms with E-state index in [1.165, 1.54) is 0 Å². The summed E-state index contributed by atoms with van der Waals surface area (Å²) in [5.74, 6) is 0.118. The number of para-hydroxylation sites is 1. The Labute approximate surface area is 76.8 Å². The Balaban J connectivity index is 2.88. The number of fused-ring (bicyclic) bond motifs is 1. The van der Waals surface area contributed by atoms with E-state index in [-0.39, 0.29) is 5.78 Å². The number of aryl methyl sites for hydroxylation is 1. The van der Waals surface area contributed by atoms with Crippen LogP contribution < -0.4 is 0 Å². The number of hydrogen-bond donors (Lipinski definition) is 0. The van der Waals surface area contributed by atoms with E-state index in [1.807, 2.05) is 42.1 Å². The van der Waals surface area contributed by atoms with Crippen molar-refractivity contribution in [1.29, 1.82) is 0 Å². The average Bonchev–Trinajstić information content (AvgIpc) is 2.48. The third kappa shape index (κ3) is 1.15. The monoisotopic (exact) mass is 173 g/mol. The number of carbonyl (C=O) groups excluding carboxylic acids is 1. The maximum Gasteiger partial charge on any atom is 0.161 e. The Bertz CT molecular complexity index is 468. The first-order valence-corrected chi connectivity index (χ1v) is 4.25. The van der Waals surface area contributed by atoms with Gasteiger partial charge in [-0.2, -0.15) is 0 Å². The van der Waals surface area contributed by atoms with Gasteiger partial charge in [0.2, 0.25) is 0 Å². The van der Waals surface area contributed by atoms with Crippen LogP contribution in [-0.4, -0.2) is 10.4 Å². The van der Waals surface area contributed by atoms with Crippen molar-refractivity contribution in [3.05, 3.63) is 36.0 Å². The van der Waals surface area contributed by atoms with E-state index in [4.69, 9.17) is 0 Å². The third-order valence-corrected chi connectivity index (χ3v) is 2.28. The highest BCUT2D eigenvalue weighted by molar-refractivity contribution is 6.05. The smallest absolute Gasteiger partial charge is 0.161 e. The first-order chi connectivity index (χ1) is 6.20. The molecule has 1 aromatic carbocycles. The number of rotatable bonds is 1. The maximum atomic E-state index is 11.3. The third-order valence-electron chi connectivity index (χ3n) is 2.28. The van der Waals surface area contributed by atoms with E-state index in [1.54, 1.807) is 6.92 Å². The molecule has 2 heteroatoms. The van der Waals surface area contributed by atoms with Crippen LogP contribution in [0.2, 0.25) is 0 Å². The summed E-state index contributed by atoms with van der Waals surface area (Å²) >= 11 is 0. The Morgan fingerprint density at radius 2 is 2.08 bits per heavy atom. The molecule has 0 saturated carbocycles. The van der Waals surface area contributed by atoms with Crippen molar-refractivity contribution in [1.82, 2.24) is 4.57 Å². The molecular weight excluding hydrogens is 162 g/mol. The molecule has 0 saturated heterocycles. The van der Waals surface area contributed by atoms with E-state index in [2.05, 4.69) is 0 Å². The molecule has 0 aliphatic heterocycles. The van der Waals surface area contributed by atoms with Gasteiger partial charge in [-0.15, -0.1) is 0 Å². The van der Waals surface area contributed by atoms with Crippen molar-refractivity contribution >= 4 is 16.7 Å². The zero-order valence-electron chi connectivity index (χ0n) is 7.74. The van der Waals surface area contributed by atoms with Crippen LogP contribution in [-0.2, 0) is 7.05 Å². The number of nitrogens with zero attached hydrogens (tertiary/aromatic N) is 1. The molecule has 0 unspecified atom stereocenters. The minimum absolute atomic E-state index is 0.118. The predicted molar refractivity (Wildman–Crippen MR) is 52.9 cm³/mol. The van der Waals surface area contributed by atoms with Crippen molar-refractivity contribution in [2.75, 3.05) is 0 Å². The van der Waals surface area contributed by atoms with Gasteiger partial charge in [0.1, 0.15) is 0 Å². The van der Waals surface area contributed by atoms with Gasteiger partial charge >= 0.3 is 0 Å². The molecule has 0 aliphatic rings. The van der Waals surface area contributed by atoms with Crippen LogP contribution >= 0.6 is 0 Å². The van der Waals surface area contributed by atoms with Gasteiger partial charge < -0.3 is 4.57 Å². The van der Waals surface area contributed by atoms with Crippen molar-refractivity contribution in [3.8, 4) is 0 Å². The normalized spacial score (nSPS) is 10.6. The highest BCUT2D eigenvalue weighted by Gasteiger charge is 2.07. The number of aromatic nitrogens is 1. The van der Waals surface area contributed by atoms with Crippen LogP contribution in [0.4, 0.5) is 0 Å². The molecule has 0 amide bonds. The zero-order chi connectivity index (χ0) is 9.42. The van der Waals surface area contributed by atoms with E-state index in [0.717, 1.165) is 16.5 Å². The topological polar surface area (TPSA) is 22.0 Å². The van der Waals surface area contributed by atoms with E-state index in [0.29, 0.717) is 0 Å². The van der Waals surface area contributed by atoms with Gasteiger partial charge in [-0.25, -0.2) is 0 Å². The predicted octanol–water partition coefficient (Wildman–Crippen LogP) is 2.38. The second kappa shape index (κ2) is 2.73. The summed E-state index contributed by atoms with van der Waals surface area (Å²) in [4.78, 5) is 11.3. The summed E-state index contributed by atoms with van der Waals surface area (Å²) in [6.07, 6.45) is 1.97. The van der Waals surface area contributed by atoms with Gasteiger partial charge in [-0.1, -0.05) is 12.1 Å². The molecule has 0 radical (unpaired) electrons.